The minimum atomic E-state index is -0.412. The van der Waals surface area contributed by atoms with Crippen molar-refractivity contribution in [1.29, 1.82) is 0 Å². The molecule has 0 radical (unpaired) electrons. The van der Waals surface area contributed by atoms with E-state index < -0.39 is 5.91 Å². The average Bonchev–Trinajstić information content (AvgIpc) is 3.37. The summed E-state index contributed by atoms with van der Waals surface area (Å²) in [7, 11) is 0. The lowest BCUT2D eigenvalue weighted by molar-refractivity contribution is 0.0993. The van der Waals surface area contributed by atoms with Crippen LogP contribution in [0.4, 0.5) is 5.95 Å². The maximum atomic E-state index is 12.4. The lowest BCUT2D eigenvalue weighted by atomic mass is 10.2. The highest BCUT2D eigenvalue weighted by Crippen LogP contribution is 2.14. The summed E-state index contributed by atoms with van der Waals surface area (Å²) < 4.78 is 9.10. The predicted octanol–water partition coefficient (Wildman–Crippen LogP) is 3.69. The summed E-state index contributed by atoms with van der Waals surface area (Å²) in [6.45, 7) is 4.86. The molecular formula is C20H19ClN6O2. The van der Waals surface area contributed by atoms with Crippen molar-refractivity contribution in [3.8, 4) is 0 Å². The molecule has 29 heavy (non-hydrogen) atoms. The van der Waals surface area contributed by atoms with Crippen molar-refractivity contribution in [2.75, 3.05) is 5.32 Å². The Kier molecular flexibility index (Phi) is 5.18. The molecule has 0 fully saturated rings. The van der Waals surface area contributed by atoms with Gasteiger partial charge in [0.2, 0.25) is 5.95 Å². The molecule has 3 aromatic heterocycles. The lowest BCUT2D eigenvalue weighted by Gasteiger charge is -2.02. The molecule has 9 heteroatoms. The fraction of sp³-hybridized carbons (Fsp3) is 0.200. The number of aromatic nitrogens is 5. The van der Waals surface area contributed by atoms with Crippen molar-refractivity contribution in [2.24, 2.45) is 0 Å². The highest BCUT2D eigenvalue weighted by molar-refractivity contribution is 6.30. The zero-order valence-electron chi connectivity index (χ0n) is 16.0. The first kappa shape index (κ1) is 18.9. The molecule has 8 nitrogen and oxygen atoms in total. The molecular weight excluding hydrogens is 392 g/mol. The Bertz CT molecular complexity index is 1160. The van der Waals surface area contributed by atoms with E-state index in [1.165, 1.54) is 0 Å². The number of anilines is 1. The fourth-order valence-electron chi connectivity index (χ4n) is 2.98. The molecule has 4 rings (SSSR count). The number of amides is 1. The maximum absolute atomic E-state index is 12.4. The van der Waals surface area contributed by atoms with Crippen LogP contribution >= 0.6 is 11.6 Å². The number of aryl methyl sites for hydroxylation is 2. The number of carbonyl (C=O) groups excluding carboxylic acids is 1. The number of hydrogen-bond donors (Lipinski definition) is 1. The van der Waals surface area contributed by atoms with Crippen molar-refractivity contribution in [1.82, 2.24) is 24.5 Å². The van der Waals surface area contributed by atoms with Gasteiger partial charge in [0.15, 0.2) is 5.76 Å². The van der Waals surface area contributed by atoms with E-state index in [0.29, 0.717) is 23.9 Å². The summed E-state index contributed by atoms with van der Waals surface area (Å²) in [6.07, 6.45) is 1.55. The van der Waals surface area contributed by atoms with E-state index in [2.05, 4.69) is 20.5 Å². The smallest absolute Gasteiger partial charge is 0.293 e. The van der Waals surface area contributed by atoms with E-state index in [1.807, 2.05) is 48.9 Å². The zero-order valence-corrected chi connectivity index (χ0v) is 16.7. The van der Waals surface area contributed by atoms with Crippen molar-refractivity contribution < 1.29 is 9.21 Å². The Hall–Kier alpha value is -3.39. The third-order valence-corrected chi connectivity index (χ3v) is 4.52. The van der Waals surface area contributed by atoms with Gasteiger partial charge >= 0.3 is 0 Å². The summed E-state index contributed by atoms with van der Waals surface area (Å²) in [6, 6.07) is 12.9. The number of hydrogen-bond acceptors (Lipinski definition) is 5. The van der Waals surface area contributed by atoms with Crippen LogP contribution in [-0.4, -0.2) is 30.5 Å². The summed E-state index contributed by atoms with van der Waals surface area (Å²) >= 11 is 6.00. The molecule has 0 saturated carbocycles. The van der Waals surface area contributed by atoms with E-state index in [1.54, 1.807) is 23.1 Å². The van der Waals surface area contributed by atoms with Crippen molar-refractivity contribution in [2.45, 2.75) is 26.9 Å². The first-order valence-corrected chi connectivity index (χ1v) is 9.39. The predicted molar refractivity (Wildman–Crippen MR) is 108 cm³/mol. The van der Waals surface area contributed by atoms with Crippen LogP contribution in [0.1, 0.15) is 33.3 Å². The van der Waals surface area contributed by atoms with Gasteiger partial charge in [0.25, 0.3) is 5.91 Å². The number of carbonyl (C=O) groups is 1. The molecule has 4 aromatic rings. The van der Waals surface area contributed by atoms with Gasteiger partial charge in [-0.2, -0.15) is 5.10 Å². The number of halogens is 1. The number of benzene rings is 1. The van der Waals surface area contributed by atoms with E-state index in [-0.39, 0.29) is 11.7 Å². The quantitative estimate of drug-likeness (QED) is 0.523. The van der Waals surface area contributed by atoms with Crippen LogP contribution in [-0.2, 0) is 13.1 Å². The average molecular weight is 411 g/mol. The van der Waals surface area contributed by atoms with Crippen LogP contribution in [0.5, 0.6) is 0 Å². The van der Waals surface area contributed by atoms with Gasteiger partial charge < -0.3 is 4.42 Å². The van der Waals surface area contributed by atoms with Crippen LogP contribution in [0.2, 0.25) is 5.02 Å². The molecule has 1 N–H and O–H groups in total. The second-order valence-electron chi connectivity index (χ2n) is 6.70. The summed E-state index contributed by atoms with van der Waals surface area (Å²) in [4.78, 5) is 16.5. The van der Waals surface area contributed by atoms with Gasteiger partial charge in [-0.3, -0.25) is 14.8 Å². The SMILES string of the molecule is Cc1cc(C)n(Cc2ccc(C(=O)Nc3ncn(Cc4cccc(Cl)c4)n3)o2)n1. The molecule has 0 aliphatic carbocycles. The minimum Gasteiger partial charge on any atom is -0.454 e. The molecule has 0 bridgehead atoms. The van der Waals surface area contributed by atoms with Crippen molar-refractivity contribution in [3.05, 3.63) is 82.3 Å². The first-order chi connectivity index (χ1) is 14.0. The Morgan fingerprint density at radius 2 is 2.00 bits per heavy atom. The third kappa shape index (κ3) is 4.55. The topological polar surface area (TPSA) is 90.8 Å². The largest absolute Gasteiger partial charge is 0.454 e. The van der Waals surface area contributed by atoms with Gasteiger partial charge in [-0.15, -0.1) is 5.10 Å². The van der Waals surface area contributed by atoms with Gasteiger partial charge in [0, 0.05) is 10.7 Å². The standard InChI is InChI=1S/C20H19ClN6O2/c1-13-8-14(2)27(24-13)11-17-6-7-18(29-17)19(28)23-20-22-12-26(25-20)10-15-4-3-5-16(21)9-15/h3-9,12H,10-11H2,1-2H3,(H,23,25,28). The fourth-order valence-corrected chi connectivity index (χ4v) is 3.19. The molecule has 0 atom stereocenters. The van der Waals surface area contributed by atoms with E-state index in [4.69, 9.17) is 16.0 Å². The van der Waals surface area contributed by atoms with Gasteiger partial charge in [-0.25, -0.2) is 9.67 Å². The Morgan fingerprint density at radius 3 is 2.76 bits per heavy atom. The van der Waals surface area contributed by atoms with Crippen LogP contribution < -0.4 is 5.32 Å². The van der Waals surface area contributed by atoms with Gasteiger partial charge in [0.1, 0.15) is 12.1 Å². The van der Waals surface area contributed by atoms with Crippen LogP contribution in [0.3, 0.4) is 0 Å². The summed E-state index contributed by atoms with van der Waals surface area (Å²) in [5, 5.41) is 12.0. The highest BCUT2D eigenvalue weighted by Gasteiger charge is 2.14. The Labute approximate surface area is 172 Å². The molecule has 148 valence electrons. The molecule has 0 aliphatic heterocycles. The van der Waals surface area contributed by atoms with Gasteiger partial charge in [-0.1, -0.05) is 23.7 Å². The molecule has 0 spiro atoms. The third-order valence-electron chi connectivity index (χ3n) is 4.29. The molecule has 0 saturated heterocycles. The number of rotatable bonds is 6. The Morgan fingerprint density at radius 1 is 1.14 bits per heavy atom. The normalized spacial score (nSPS) is 11.0. The second-order valence-corrected chi connectivity index (χ2v) is 7.14. The highest BCUT2D eigenvalue weighted by atomic mass is 35.5. The van der Waals surface area contributed by atoms with Crippen molar-refractivity contribution in [3.63, 3.8) is 0 Å². The number of nitrogens with one attached hydrogen (secondary N) is 1. The van der Waals surface area contributed by atoms with Crippen molar-refractivity contribution >= 4 is 23.5 Å². The monoisotopic (exact) mass is 410 g/mol. The first-order valence-electron chi connectivity index (χ1n) is 9.01. The van der Waals surface area contributed by atoms with Crippen LogP contribution in [0.25, 0.3) is 0 Å². The molecule has 0 aliphatic rings. The van der Waals surface area contributed by atoms with E-state index >= 15 is 0 Å². The van der Waals surface area contributed by atoms with Crippen LogP contribution in [0, 0.1) is 13.8 Å². The molecule has 1 amide bonds. The molecule has 3 heterocycles. The second kappa shape index (κ2) is 7.92. The van der Waals surface area contributed by atoms with Gasteiger partial charge in [0.05, 0.1) is 18.8 Å². The summed E-state index contributed by atoms with van der Waals surface area (Å²) in [5.41, 5.74) is 2.95. The van der Waals surface area contributed by atoms with Crippen LogP contribution in [0.15, 0.2) is 53.2 Å². The maximum Gasteiger partial charge on any atom is 0.293 e. The zero-order chi connectivity index (χ0) is 20.4. The minimum absolute atomic E-state index is 0.188. The lowest BCUT2D eigenvalue weighted by Crippen LogP contribution is -2.12. The van der Waals surface area contributed by atoms with Gasteiger partial charge in [-0.05, 0) is 49.7 Å². The number of nitrogens with zero attached hydrogens (tertiary/aromatic N) is 5. The van der Waals surface area contributed by atoms with E-state index in [9.17, 15) is 4.79 Å². The molecule has 1 aromatic carbocycles. The Balaban J connectivity index is 1.39. The number of furan rings is 1. The summed E-state index contributed by atoms with van der Waals surface area (Å²) in [5.74, 6) is 0.618. The molecule has 0 unspecified atom stereocenters. The van der Waals surface area contributed by atoms with E-state index in [0.717, 1.165) is 17.0 Å².